The first kappa shape index (κ1) is 17.6. The van der Waals surface area contributed by atoms with Crippen molar-refractivity contribution in [2.75, 3.05) is 32.4 Å². The van der Waals surface area contributed by atoms with Gasteiger partial charge in [-0.2, -0.15) is 0 Å². The Morgan fingerprint density at radius 2 is 2.00 bits per heavy atom. The third-order valence-corrected chi connectivity index (χ3v) is 7.63. The summed E-state index contributed by atoms with van der Waals surface area (Å²) in [5.41, 5.74) is 0. The van der Waals surface area contributed by atoms with Gasteiger partial charge in [-0.05, 0) is 32.6 Å². The molecule has 128 valence electrons. The first-order valence-electron chi connectivity index (χ1n) is 8.53. The molecule has 1 aliphatic heterocycles. The van der Waals surface area contributed by atoms with Crippen LogP contribution in [0.1, 0.15) is 52.4 Å². The van der Waals surface area contributed by atoms with Crippen molar-refractivity contribution in [2.24, 2.45) is 10.9 Å². The number of hydrogen-bond donors (Lipinski definition) is 1. The highest BCUT2D eigenvalue weighted by Crippen LogP contribution is 2.28. The molecule has 2 aliphatic rings. The molecule has 0 aromatic heterocycles. The Bertz CT molecular complexity index is 494. The van der Waals surface area contributed by atoms with Crippen LogP contribution in [-0.4, -0.2) is 56.5 Å². The van der Waals surface area contributed by atoms with Gasteiger partial charge in [-0.3, -0.25) is 4.99 Å². The second-order valence-corrected chi connectivity index (χ2v) is 10.0. The zero-order valence-electron chi connectivity index (χ0n) is 14.3. The first-order valence-corrected chi connectivity index (χ1v) is 10.2. The molecular weight excluding hydrogens is 298 g/mol. The van der Waals surface area contributed by atoms with Gasteiger partial charge in [0.25, 0.3) is 0 Å². The van der Waals surface area contributed by atoms with E-state index in [0.29, 0.717) is 13.1 Å². The number of rotatable bonds is 4. The normalized spacial score (nSPS) is 25.4. The summed E-state index contributed by atoms with van der Waals surface area (Å²) in [6.45, 7) is 5.59. The van der Waals surface area contributed by atoms with Gasteiger partial charge in [-0.15, -0.1) is 0 Å². The molecule has 0 radical (unpaired) electrons. The number of aliphatic imine (C=N–C) groups is 1. The van der Waals surface area contributed by atoms with Gasteiger partial charge in [0.15, 0.2) is 15.8 Å². The van der Waals surface area contributed by atoms with Crippen LogP contribution in [0.5, 0.6) is 0 Å². The summed E-state index contributed by atoms with van der Waals surface area (Å²) in [5.74, 6) is 1.97. The molecule has 1 N–H and O–H groups in total. The molecular formula is C16H31N3O2S. The van der Waals surface area contributed by atoms with Crippen LogP contribution in [0.2, 0.25) is 0 Å². The molecule has 0 spiro atoms. The van der Waals surface area contributed by atoms with Crippen LogP contribution < -0.4 is 5.32 Å². The zero-order valence-corrected chi connectivity index (χ0v) is 15.1. The molecule has 1 saturated carbocycles. The summed E-state index contributed by atoms with van der Waals surface area (Å²) < 4.78 is 23.5. The quantitative estimate of drug-likeness (QED) is 0.487. The second kappa shape index (κ2) is 7.20. The van der Waals surface area contributed by atoms with E-state index in [1.54, 1.807) is 7.05 Å². The molecule has 0 unspecified atom stereocenters. The average Bonchev–Trinajstić information content (AvgIpc) is 2.95. The molecule has 0 amide bonds. The van der Waals surface area contributed by atoms with E-state index < -0.39 is 14.6 Å². The van der Waals surface area contributed by atoms with Gasteiger partial charge in [0.1, 0.15) is 0 Å². The fraction of sp³-hybridized carbons (Fsp3) is 0.938. The van der Waals surface area contributed by atoms with Crippen LogP contribution >= 0.6 is 0 Å². The van der Waals surface area contributed by atoms with E-state index in [1.165, 1.54) is 38.5 Å². The van der Waals surface area contributed by atoms with E-state index in [0.717, 1.165) is 18.4 Å². The molecule has 6 heteroatoms. The molecule has 2 fully saturated rings. The zero-order chi connectivity index (χ0) is 16.2. The number of sulfone groups is 1. The molecule has 1 aliphatic carbocycles. The van der Waals surface area contributed by atoms with Gasteiger partial charge < -0.3 is 10.2 Å². The molecule has 0 aromatic rings. The number of nitrogens with one attached hydrogen (secondary N) is 1. The van der Waals surface area contributed by atoms with Gasteiger partial charge in [-0.25, -0.2) is 8.42 Å². The predicted octanol–water partition coefficient (Wildman–Crippen LogP) is 2.04. The Hall–Kier alpha value is -0.780. The maximum absolute atomic E-state index is 12.1. The largest absolute Gasteiger partial charge is 0.356 e. The van der Waals surface area contributed by atoms with Crippen molar-refractivity contribution in [3.8, 4) is 0 Å². The Morgan fingerprint density at radius 1 is 1.32 bits per heavy atom. The summed E-state index contributed by atoms with van der Waals surface area (Å²) >= 11 is 0. The van der Waals surface area contributed by atoms with Gasteiger partial charge in [0.05, 0.1) is 10.5 Å². The fourth-order valence-corrected chi connectivity index (χ4v) is 4.91. The molecule has 1 saturated heterocycles. The number of nitrogens with zero attached hydrogens (tertiary/aromatic N) is 2. The lowest BCUT2D eigenvalue weighted by Crippen LogP contribution is -2.57. The van der Waals surface area contributed by atoms with Gasteiger partial charge in [0.2, 0.25) is 0 Å². The van der Waals surface area contributed by atoms with Crippen molar-refractivity contribution >= 4 is 15.8 Å². The molecule has 0 atom stereocenters. The molecule has 1 heterocycles. The lowest BCUT2D eigenvalue weighted by Gasteiger charge is -2.39. The van der Waals surface area contributed by atoms with Crippen LogP contribution in [0.4, 0.5) is 0 Å². The summed E-state index contributed by atoms with van der Waals surface area (Å²) in [6, 6.07) is 0. The predicted molar refractivity (Wildman–Crippen MR) is 92.0 cm³/mol. The average molecular weight is 330 g/mol. The van der Waals surface area contributed by atoms with E-state index >= 15 is 0 Å². The maximum Gasteiger partial charge on any atom is 0.193 e. The Morgan fingerprint density at radius 3 is 2.59 bits per heavy atom. The highest BCUT2D eigenvalue weighted by atomic mass is 32.2. The third-order valence-electron chi connectivity index (χ3n) is 5.10. The van der Waals surface area contributed by atoms with Crippen molar-refractivity contribution in [1.29, 1.82) is 0 Å². The van der Waals surface area contributed by atoms with E-state index in [9.17, 15) is 8.42 Å². The van der Waals surface area contributed by atoms with Crippen LogP contribution in [0.25, 0.3) is 0 Å². The van der Waals surface area contributed by atoms with Gasteiger partial charge in [0, 0.05) is 26.7 Å². The molecule has 2 rings (SSSR count). The molecule has 0 bridgehead atoms. The van der Waals surface area contributed by atoms with E-state index in [1.807, 2.05) is 13.8 Å². The van der Waals surface area contributed by atoms with Gasteiger partial charge in [-0.1, -0.05) is 25.7 Å². The monoisotopic (exact) mass is 329 g/mol. The Kier molecular flexibility index (Phi) is 5.75. The summed E-state index contributed by atoms with van der Waals surface area (Å²) in [5, 5.41) is 3.41. The molecule has 0 aromatic carbocycles. The van der Waals surface area contributed by atoms with Crippen molar-refractivity contribution in [3.63, 3.8) is 0 Å². The van der Waals surface area contributed by atoms with Gasteiger partial charge >= 0.3 is 0 Å². The topological polar surface area (TPSA) is 61.8 Å². The number of guanidine groups is 1. The third kappa shape index (κ3) is 4.15. The maximum atomic E-state index is 12.1. The minimum Gasteiger partial charge on any atom is -0.356 e. The van der Waals surface area contributed by atoms with Crippen LogP contribution in [0, 0.1) is 5.92 Å². The van der Waals surface area contributed by atoms with Crippen molar-refractivity contribution < 1.29 is 8.42 Å². The second-order valence-electron chi connectivity index (χ2n) is 7.27. The summed E-state index contributed by atoms with van der Waals surface area (Å²) in [4.78, 5) is 6.41. The Balaban J connectivity index is 1.79. The SMILES string of the molecule is CN=C(NCCCC1CCCC1)N1CCS(=O)(=O)C(C)(C)C1. The lowest BCUT2D eigenvalue weighted by atomic mass is 10.0. The van der Waals surface area contributed by atoms with Crippen molar-refractivity contribution in [3.05, 3.63) is 0 Å². The smallest absolute Gasteiger partial charge is 0.193 e. The summed E-state index contributed by atoms with van der Waals surface area (Å²) in [6.07, 6.45) is 8.05. The van der Waals surface area contributed by atoms with Crippen LogP contribution in [-0.2, 0) is 9.84 Å². The van der Waals surface area contributed by atoms with E-state index in [-0.39, 0.29) is 5.75 Å². The highest BCUT2D eigenvalue weighted by molar-refractivity contribution is 7.92. The Labute approximate surface area is 135 Å². The first-order chi connectivity index (χ1) is 10.4. The van der Waals surface area contributed by atoms with E-state index in [4.69, 9.17) is 0 Å². The molecule has 5 nitrogen and oxygen atoms in total. The fourth-order valence-electron chi connectivity index (χ4n) is 3.55. The van der Waals surface area contributed by atoms with Crippen molar-refractivity contribution in [2.45, 2.75) is 57.1 Å². The van der Waals surface area contributed by atoms with Crippen LogP contribution in [0.3, 0.4) is 0 Å². The van der Waals surface area contributed by atoms with Crippen molar-refractivity contribution in [1.82, 2.24) is 10.2 Å². The van der Waals surface area contributed by atoms with Crippen LogP contribution in [0.15, 0.2) is 4.99 Å². The molecule has 22 heavy (non-hydrogen) atoms. The minimum absolute atomic E-state index is 0.211. The number of hydrogen-bond acceptors (Lipinski definition) is 3. The van der Waals surface area contributed by atoms with E-state index in [2.05, 4.69) is 15.2 Å². The lowest BCUT2D eigenvalue weighted by molar-refractivity contribution is 0.352. The minimum atomic E-state index is -3.00. The standard InChI is InChI=1S/C16H31N3O2S/c1-16(2)13-19(11-12-22(16,20)21)15(17-3)18-10-6-9-14-7-4-5-8-14/h14H,4-13H2,1-3H3,(H,17,18). The highest BCUT2D eigenvalue weighted by Gasteiger charge is 2.40. The summed E-state index contributed by atoms with van der Waals surface area (Å²) in [7, 11) is -1.22.